The Hall–Kier alpha value is -3.50. The normalized spacial score (nSPS) is 16.6. The van der Waals surface area contributed by atoms with E-state index in [0.29, 0.717) is 16.6 Å². The number of hydrogen-bond donors (Lipinski definition) is 0. The minimum Gasteiger partial charge on any atom is -0.497 e. The van der Waals surface area contributed by atoms with Crippen LogP contribution in [0.25, 0.3) is 17.0 Å². The van der Waals surface area contributed by atoms with Crippen molar-refractivity contribution >= 4 is 45.5 Å². The summed E-state index contributed by atoms with van der Waals surface area (Å²) in [7, 11) is 1.62. The van der Waals surface area contributed by atoms with Crippen LogP contribution in [0.2, 0.25) is 0 Å². The molecule has 2 aromatic carbocycles. The molecule has 3 aromatic rings. The van der Waals surface area contributed by atoms with E-state index in [9.17, 15) is 4.79 Å². The average Bonchev–Trinajstić information content (AvgIpc) is 3.26. The lowest BCUT2D eigenvalue weighted by atomic mass is 10.1. The minimum atomic E-state index is -0.0631. The van der Waals surface area contributed by atoms with Crippen LogP contribution in [0.1, 0.15) is 12.5 Å². The Labute approximate surface area is 179 Å². The number of carbonyl (C=O) groups excluding carboxylic acids is 1. The van der Waals surface area contributed by atoms with Crippen LogP contribution in [0.5, 0.6) is 5.75 Å². The minimum absolute atomic E-state index is 0.0631. The molecule has 0 atom stereocenters. The second-order valence-electron chi connectivity index (χ2n) is 6.64. The van der Waals surface area contributed by atoms with Gasteiger partial charge in [-0.3, -0.25) is 9.69 Å². The lowest BCUT2D eigenvalue weighted by Crippen LogP contribution is -2.28. The molecule has 0 radical (unpaired) electrons. The molecule has 30 heavy (non-hydrogen) atoms. The predicted molar refractivity (Wildman–Crippen MR) is 121 cm³/mol. The third kappa shape index (κ3) is 3.70. The molecule has 0 bridgehead atoms. The highest BCUT2D eigenvalue weighted by Crippen LogP contribution is 2.35. The van der Waals surface area contributed by atoms with Gasteiger partial charge in [-0.2, -0.15) is 5.26 Å². The van der Waals surface area contributed by atoms with Crippen molar-refractivity contribution in [2.24, 2.45) is 4.99 Å². The molecule has 0 unspecified atom stereocenters. The number of carbonyl (C=O) groups is 1. The maximum absolute atomic E-state index is 13.0. The number of nitriles is 1. The monoisotopic (exact) mass is 416 g/mol. The molecule has 0 spiro atoms. The fourth-order valence-corrected chi connectivity index (χ4v) is 4.43. The number of ether oxygens (including phenoxy) is 1. The van der Waals surface area contributed by atoms with Crippen LogP contribution < -0.4 is 4.74 Å². The summed E-state index contributed by atoms with van der Waals surface area (Å²) in [5, 5.41) is 10.8. The molecule has 1 fully saturated rings. The van der Waals surface area contributed by atoms with Gasteiger partial charge in [0.15, 0.2) is 5.17 Å². The van der Waals surface area contributed by atoms with Crippen molar-refractivity contribution in [2.45, 2.75) is 13.5 Å². The lowest BCUT2D eigenvalue weighted by molar-refractivity contribution is -0.122. The third-order valence-electron chi connectivity index (χ3n) is 4.85. The average molecular weight is 417 g/mol. The number of benzene rings is 2. The van der Waals surface area contributed by atoms with Gasteiger partial charge < -0.3 is 9.30 Å². The molecule has 150 valence electrons. The van der Waals surface area contributed by atoms with E-state index in [-0.39, 0.29) is 12.5 Å². The smallest absolute Gasteiger partial charge is 0.266 e. The zero-order valence-electron chi connectivity index (χ0n) is 16.7. The van der Waals surface area contributed by atoms with E-state index in [2.05, 4.69) is 11.1 Å². The number of nitrogens with zero attached hydrogens (tertiary/aromatic N) is 4. The summed E-state index contributed by atoms with van der Waals surface area (Å²) >= 11 is 1.36. The highest BCUT2D eigenvalue weighted by Gasteiger charge is 2.32. The molecule has 0 N–H and O–H groups in total. The molecular formula is C23H20N4O2S. The van der Waals surface area contributed by atoms with Gasteiger partial charge in [-0.05, 0) is 55.1 Å². The number of rotatable bonds is 5. The second-order valence-corrected chi connectivity index (χ2v) is 7.65. The van der Waals surface area contributed by atoms with E-state index in [0.717, 1.165) is 27.9 Å². The van der Waals surface area contributed by atoms with Crippen molar-refractivity contribution in [3.05, 3.63) is 65.2 Å². The third-order valence-corrected chi connectivity index (χ3v) is 5.86. The summed E-state index contributed by atoms with van der Waals surface area (Å²) in [6, 6.07) is 17.5. The maximum atomic E-state index is 13.0. The van der Waals surface area contributed by atoms with Crippen LogP contribution in [0, 0.1) is 11.3 Å². The number of methoxy groups -OCH3 is 1. The summed E-state index contributed by atoms with van der Waals surface area (Å²) < 4.78 is 7.09. The molecule has 7 heteroatoms. The van der Waals surface area contributed by atoms with E-state index in [1.165, 1.54) is 11.8 Å². The molecule has 0 aliphatic carbocycles. The summed E-state index contributed by atoms with van der Waals surface area (Å²) in [6.45, 7) is 2.73. The zero-order chi connectivity index (χ0) is 21.1. The molecular weight excluding hydrogens is 396 g/mol. The molecule has 1 saturated heterocycles. The highest BCUT2D eigenvalue weighted by atomic mass is 32.2. The van der Waals surface area contributed by atoms with Gasteiger partial charge in [0.05, 0.1) is 23.8 Å². The van der Waals surface area contributed by atoms with Crippen molar-refractivity contribution in [1.29, 1.82) is 5.26 Å². The largest absolute Gasteiger partial charge is 0.497 e. The Bertz CT molecular complexity index is 1200. The van der Waals surface area contributed by atoms with Crippen LogP contribution >= 0.6 is 11.8 Å². The molecule has 1 aliphatic heterocycles. The predicted octanol–water partition coefficient (Wildman–Crippen LogP) is 4.80. The van der Waals surface area contributed by atoms with E-state index < -0.39 is 0 Å². The summed E-state index contributed by atoms with van der Waals surface area (Å²) in [5.74, 6) is 0.697. The summed E-state index contributed by atoms with van der Waals surface area (Å²) in [6.07, 6.45) is 3.81. The topological polar surface area (TPSA) is 70.6 Å². The van der Waals surface area contributed by atoms with E-state index in [1.807, 2.05) is 72.3 Å². The summed E-state index contributed by atoms with van der Waals surface area (Å²) in [5.41, 5.74) is 2.65. The van der Waals surface area contributed by atoms with Gasteiger partial charge >= 0.3 is 0 Å². The van der Waals surface area contributed by atoms with Crippen molar-refractivity contribution < 1.29 is 9.53 Å². The van der Waals surface area contributed by atoms with Crippen LogP contribution in [0.15, 0.2) is 64.6 Å². The van der Waals surface area contributed by atoms with Gasteiger partial charge in [0.25, 0.3) is 5.91 Å². The standard InChI is InChI=1S/C23H20N4O2S/c1-3-27-22(28)21(30-23(27)25-17-8-10-18(29-2)11-9-17)14-16-15-26(13-12-24)20-7-5-4-6-19(16)20/h4-11,14-15H,3,13H2,1-2H3/b21-14+,25-23?. The first-order chi connectivity index (χ1) is 14.6. The Kier molecular flexibility index (Phi) is 5.59. The van der Waals surface area contributed by atoms with Gasteiger partial charge in [0.1, 0.15) is 12.3 Å². The number of hydrogen-bond acceptors (Lipinski definition) is 5. The molecule has 6 nitrogen and oxygen atoms in total. The highest BCUT2D eigenvalue weighted by molar-refractivity contribution is 8.18. The Morgan fingerprint density at radius 1 is 1.20 bits per heavy atom. The SMILES string of the molecule is CCN1C(=O)/C(=C\c2cn(CC#N)c3ccccc23)SC1=Nc1ccc(OC)cc1. The van der Waals surface area contributed by atoms with E-state index in [4.69, 9.17) is 10.00 Å². The number of aliphatic imine (C=N–C) groups is 1. The van der Waals surface area contributed by atoms with Gasteiger partial charge in [-0.25, -0.2) is 4.99 Å². The van der Waals surface area contributed by atoms with Gasteiger partial charge in [-0.15, -0.1) is 0 Å². The van der Waals surface area contributed by atoms with E-state index in [1.54, 1.807) is 12.0 Å². The maximum Gasteiger partial charge on any atom is 0.266 e. The number of fused-ring (bicyclic) bond motifs is 1. The number of aromatic nitrogens is 1. The first kappa shape index (κ1) is 19.8. The van der Waals surface area contributed by atoms with Crippen molar-refractivity contribution in [1.82, 2.24) is 9.47 Å². The van der Waals surface area contributed by atoms with E-state index >= 15 is 0 Å². The van der Waals surface area contributed by atoms with Gasteiger partial charge in [0.2, 0.25) is 0 Å². The second kappa shape index (κ2) is 8.47. The number of amidine groups is 1. The fraction of sp³-hybridized carbons (Fsp3) is 0.174. The Balaban J connectivity index is 1.71. The number of para-hydroxylation sites is 1. The quantitative estimate of drug-likeness (QED) is 0.560. The molecule has 1 aromatic heterocycles. The van der Waals surface area contributed by atoms with Crippen LogP contribution in [-0.4, -0.2) is 34.2 Å². The van der Waals surface area contributed by atoms with Crippen LogP contribution in [-0.2, 0) is 11.3 Å². The van der Waals surface area contributed by atoms with Gasteiger partial charge in [0, 0.05) is 29.2 Å². The number of amides is 1. The van der Waals surface area contributed by atoms with Crippen molar-refractivity contribution in [3.8, 4) is 11.8 Å². The molecule has 1 aliphatic rings. The first-order valence-electron chi connectivity index (χ1n) is 9.53. The fourth-order valence-electron chi connectivity index (χ4n) is 3.38. The van der Waals surface area contributed by atoms with Crippen molar-refractivity contribution in [2.75, 3.05) is 13.7 Å². The molecule has 2 heterocycles. The number of thioether (sulfide) groups is 1. The Morgan fingerprint density at radius 2 is 1.97 bits per heavy atom. The molecule has 0 saturated carbocycles. The van der Waals surface area contributed by atoms with Crippen LogP contribution in [0.4, 0.5) is 5.69 Å². The zero-order valence-corrected chi connectivity index (χ0v) is 17.5. The van der Waals surface area contributed by atoms with Crippen molar-refractivity contribution in [3.63, 3.8) is 0 Å². The first-order valence-corrected chi connectivity index (χ1v) is 10.3. The molecule has 4 rings (SSSR count). The summed E-state index contributed by atoms with van der Waals surface area (Å²) in [4.78, 5) is 19.9. The Morgan fingerprint density at radius 3 is 2.67 bits per heavy atom. The van der Waals surface area contributed by atoms with Crippen LogP contribution in [0.3, 0.4) is 0 Å². The number of likely N-dealkylation sites (N-methyl/N-ethyl adjacent to an activating group) is 1. The van der Waals surface area contributed by atoms with Gasteiger partial charge in [-0.1, -0.05) is 18.2 Å². The molecule has 1 amide bonds. The lowest BCUT2D eigenvalue weighted by Gasteiger charge is -2.12.